The number of piperidine rings is 1. The number of hydrogen-bond acceptors (Lipinski definition) is 5. The van der Waals surface area contributed by atoms with E-state index in [4.69, 9.17) is 10.5 Å². The van der Waals surface area contributed by atoms with E-state index < -0.39 is 24.4 Å². The number of likely N-dealkylation sites (tertiary alicyclic amines) is 2. The van der Waals surface area contributed by atoms with Crippen molar-refractivity contribution in [2.24, 2.45) is 10.7 Å². The molecule has 2 aromatic carbocycles. The van der Waals surface area contributed by atoms with Crippen LogP contribution in [0.2, 0.25) is 0 Å². The van der Waals surface area contributed by atoms with Gasteiger partial charge in [-0.25, -0.2) is 4.79 Å². The minimum atomic E-state index is -1.17. The molecule has 0 bridgehead atoms. The lowest BCUT2D eigenvalue weighted by molar-refractivity contribution is -0.139. The molecule has 0 saturated carbocycles. The first-order valence-electron chi connectivity index (χ1n) is 12.6. The van der Waals surface area contributed by atoms with Crippen molar-refractivity contribution in [1.29, 1.82) is 0 Å². The fourth-order valence-electron chi connectivity index (χ4n) is 4.77. The zero-order chi connectivity index (χ0) is 26.2. The lowest BCUT2D eigenvalue weighted by atomic mass is 10.0. The molecule has 2 aliphatic rings. The standard InChI is InChI=1S/C27H33N5O5/c28-26(30-27(36)37-18-20-11-5-2-6-12-20)32-16-7-13-21(25(32)35)29-24(34)22-14-8-15-31(22)23(33)17-19-9-3-1-4-10-19/h1-6,9-12,21-22,25,35H,7-8,13-18H2,(H,29,34)(H2,28,30,36)/t21-,22-,25?/m0/s1. The summed E-state index contributed by atoms with van der Waals surface area (Å²) in [6.45, 7) is 0.951. The summed E-state index contributed by atoms with van der Waals surface area (Å²) in [4.78, 5) is 44.9. The van der Waals surface area contributed by atoms with Crippen LogP contribution in [0.3, 0.4) is 0 Å². The van der Waals surface area contributed by atoms with Gasteiger partial charge in [0.1, 0.15) is 18.9 Å². The smallest absolute Gasteiger partial charge is 0.437 e. The number of nitrogens with two attached hydrogens (primary N) is 1. The molecule has 2 heterocycles. The number of nitrogens with zero attached hydrogens (tertiary/aromatic N) is 3. The Kier molecular flexibility index (Phi) is 8.73. The fourth-order valence-corrected chi connectivity index (χ4v) is 4.77. The predicted octanol–water partition coefficient (Wildman–Crippen LogP) is 1.77. The zero-order valence-corrected chi connectivity index (χ0v) is 20.7. The van der Waals surface area contributed by atoms with Crippen LogP contribution >= 0.6 is 0 Å². The Hall–Kier alpha value is -3.92. The van der Waals surface area contributed by atoms with Gasteiger partial charge in [0.05, 0.1) is 12.5 Å². The van der Waals surface area contributed by atoms with Crippen LogP contribution < -0.4 is 11.1 Å². The second kappa shape index (κ2) is 12.4. The molecule has 2 saturated heterocycles. The summed E-state index contributed by atoms with van der Waals surface area (Å²) >= 11 is 0. The third-order valence-corrected chi connectivity index (χ3v) is 6.70. The fraction of sp³-hybridized carbons (Fsp3) is 0.407. The molecule has 0 aromatic heterocycles. The topological polar surface area (TPSA) is 138 Å². The Morgan fingerprint density at radius 3 is 2.27 bits per heavy atom. The molecule has 3 atom stereocenters. The normalized spacial score (nSPS) is 22.0. The number of carbonyl (C=O) groups is 3. The van der Waals surface area contributed by atoms with Crippen molar-refractivity contribution in [3.63, 3.8) is 0 Å². The second-order valence-corrected chi connectivity index (χ2v) is 9.28. The highest BCUT2D eigenvalue weighted by Crippen LogP contribution is 2.21. The van der Waals surface area contributed by atoms with Crippen LogP contribution in [0.15, 0.2) is 65.7 Å². The van der Waals surface area contributed by atoms with Crippen LogP contribution in [0.5, 0.6) is 0 Å². The minimum Gasteiger partial charge on any atom is -0.443 e. The highest BCUT2D eigenvalue weighted by atomic mass is 16.5. The van der Waals surface area contributed by atoms with E-state index >= 15 is 0 Å². The molecule has 4 N–H and O–H groups in total. The Morgan fingerprint density at radius 2 is 1.57 bits per heavy atom. The van der Waals surface area contributed by atoms with E-state index in [1.54, 1.807) is 4.90 Å². The summed E-state index contributed by atoms with van der Waals surface area (Å²) in [5.74, 6) is -0.576. The summed E-state index contributed by atoms with van der Waals surface area (Å²) in [7, 11) is 0. The molecule has 196 valence electrons. The number of amides is 3. The quantitative estimate of drug-likeness (QED) is 0.400. The Morgan fingerprint density at radius 1 is 0.946 bits per heavy atom. The van der Waals surface area contributed by atoms with E-state index in [0.29, 0.717) is 32.4 Å². The lowest BCUT2D eigenvalue weighted by Crippen LogP contribution is -2.60. The van der Waals surface area contributed by atoms with Gasteiger partial charge in [0, 0.05) is 13.1 Å². The maximum Gasteiger partial charge on any atom is 0.437 e. The molecule has 0 radical (unpaired) electrons. The van der Waals surface area contributed by atoms with E-state index in [2.05, 4.69) is 10.3 Å². The summed E-state index contributed by atoms with van der Waals surface area (Å²) < 4.78 is 5.14. The molecule has 3 amide bonds. The molecule has 2 aromatic rings. The average molecular weight is 508 g/mol. The van der Waals surface area contributed by atoms with E-state index in [1.165, 1.54) is 4.90 Å². The maximum absolute atomic E-state index is 13.1. The first kappa shape index (κ1) is 26.2. The largest absolute Gasteiger partial charge is 0.443 e. The highest BCUT2D eigenvalue weighted by molar-refractivity contribution is 5.90. The SMILES string of the molecule is N/C(=N\C(=O)OCc1ccccc1)N1CCC[C@H](NC(=O)[C@@H]2CCCN2C(=O)Cc2ccccc2)C1O. The summed E-state index contributed by atoms with van der Waals surface area (Å²) in [5.41, 5.74) is 7.72. The maximum atomic E-state index is 13.1. The molecule has 10 nitrogen and oxygen atoms in total. The van der Waals surface area contributed by atoms with Crippen LogP contribution in [0.1, 0.15) is 36.8 Å². The van der Waals surface area contributed by atoms with Gasteiger partial charge >= 0.3 is 6.09 Å². The van der Waals surface area contributed by atoms with Gasteiger partial charge in [0.25, 0.3) is 0 Å². The van der Waals surface area contributed by atoms with Crippen molar-refractivity contribution < 1.29 is 24.2 Å². The number of aliphatic hydroxyl groups excluding tert-OH is 1. The number of aliphatic hydroxyl groups is 1. The Bertz CT molecular complexity index is 1110. The van der Waals surface area contributed by atoms with Crippen molar-refractivity contribution >= 4 is 23.9 Å². The number of guanidine groups is 1. The summed E-state index contributed by atoms with van der Waals surface area (Å²) in [6, 6.07) is 17.4. The molecule has 2 aliphatic heterocycles. The number of nitrogens with one attached hydrogen (secondary N) is 1. The van der Waals surface area contributed by atoms with Crippen molar-refractivity contribution in [1.82, 2.24) is 15.1 Å². The summed E-state index contributed by atoms with van der Waals surface area (Å²) in [6.07, 6.45) is 0.658. The van der Waals surface area contributed by atoms with E-state index in [1.807, 2.05) is 60.7 Å². The monoisotopic (exact) mass is 507 g/mol. The average Bonchev–Trinajstić information content (AvgIpc) is 3.40. The number of hydrogen-bond donors (Lipinski definition) is 3. The van der Waals surface area contributed by atoms with Crippen LogP contribution in [0.25, 0.3) is 0 Å². The van der Waals surface area contributed by atoms with Gasteiger partial charge in [-0.15, -0.1) is 4.99 Å². The number of aliphatic imine (C=N–C) groups is 1. The van der Waals surface area contributed by atoms with Gasteiger partial charge in [0.2, 0.25) is 17.8 Å². The number of carbonyl (C=O) groups excluding carboxylic acids is 3. The molecule has 37 heavy (non-hydrogen) atoms. The second-order valence-electron chi connectivity index (χ2n) is 9.28. The van der Waals surface area contributed by atoms with Gasteiger partial charge in [0.15, 0.2) is 0 Å². The van der Waals surface area contributed by atoms with Crippen molar-refractivity contribution in [2.45, 2.75) is 57.0 Å². The van der Waals surface area contributed by atoms with E-state index in [9.17, 15) is 19.5 Å². The zero-order valence-electron chi connectivity index (χ0n) is 20.7. The van der Waals surface area contributed by atoms with Crippen LogP contribution in [0, 0.1) is 0 Å². The highest BCUT2D eigenvalue weighted by Gasteiger charge is 2.38. The molecule has 0 spiro atoms. The predicted molar refractivity (Wildman–Crippen MR) is 137 cm³/mol. The first-order valence-corrected chi connectivity index (χ1v) is 12.6. The van der Waals surface area contributed by atoms with E-state index in [0.717, 1.165) is 17.5 Å². The Balaban J connectivity index is 1.32. The third kappa shape index (κ3) is 6.85. The van der Waals surface area contributed by atoms with Gasteiger partial charge in [-0.05, 0) is 36.8 Å². The van der Waals surface area contributed by atoms with Crippen LogP contribution in [-0.2, 0) is 27.4 Å². The van der Waals surface area contributed by atoms with Crippen LogP contribution in [-0.4, -0.2) is 70.2 Å². The first-order chi connectivity index (χ1) is 17.9. The van der Waals surface area contributed by atoms with Crippen molar-refractivity contribution in [3.8, 4) is 0 Å². The van der Waals surface area contributed by atoms with Gasteiger partial charge < -0.3 is 30.7 Å². The number of ether oxygens (including phenoxy) is 1. The molecule has 1 unspecified atom stereocenters. The molecular formula is C27H33N5O5. The molecular weight excluding hydrogens is 474 g/mol. The molecule has 2 fully saturated rings. The van der Waals surface area contributed by atoms with Gasteiger partial charge in [-0.3, -0.25) is 9.59 Å². The lowest BCUT2D eigenvalue weighted by Gasteiger charge is -2.39. The minimum absolute atomic E-state index is 0.0541. The molecule has 10 heteroatoms. The van der Waals surface area contributed by atoms with Crippen molar-refractivity contribution in [3.05, 3.63) is 71.8 Å². The Labute approximate surface area is 216 Å². The van der Waals surface area contributed by atoms with Crippen molar-refractivity contribution in [2.75, 3.05) is 13.1 Å². The van der Waals surface area contributed by atoms with Crippen LogP contribution in [0.4, 0.5) is 4.79 Å². The molecule has 4 rings (SSSR count). The van der Waals surface area contributed by atoms with Gasteiger partial charge in [-0.2, -0.15) is 0 Å². The number of rotatable bonds is 6. The number of benzene rings is 2. The van der Waals surface area contributed by atoms with E-state index in [-0.39, 0.29) is 30.8 Å². The van der Waals surface area contributed by atoms with Gasteiger partial charge in [-0.1, -0.05) is 60.7 Å². The molecule has 0 aliphatic carbocycles. The summed E-state index contributed by atoms with van der Waals surface area (Å²) in [5, 5.41) is 13.8. The third-order valence-electron chi connectivity index (χ3n) is 6.70.